The van der Waals surface area contributed by atoms with Crippen LogP contribution in [0.5, 0.6) is 0 Å². The second-order valence-electron chi connectivity index (χ2n) is 6.21. The Morgan fingerprint density at radius 1 is 0.867 bits per heavy atom. The summed E-state index contributed by atoms with van der Waals surface area (Å²) in [7, 11) is 0. The lowest BCUT2D eigenvalue weighted by molar-refractivity contribution is 0.177. The molecular formula is C14H27N. The Labute approximate surface area is 95.0 Å². The van der Waals surface area contributed by atoms with Gasteiger partial charge in [0, 0.05) is 0 Å². The van der Waals surface area contributed by atoms with Crippen LogP contribution in [0.4, 0.5) is 0 Å². The number of nitrogens with one attached hydrogen (secondary N) is 1. The molecular weight excluding hydrogens is 182 g/mol. The van der Waals surface area contributed by atoms with Gasteiger partial charge >= 0.3 is 0 Å². The van der Waals surface area contributed by atoms with Crippen LogP contribution >= 0.6 is 0 Å². The average molecular weight is 209 g/mol. The second-order valence-corrected chi connectivity index (χ2v) is 6.21. The van der Waals surface area contributed by atoms with E-state index in [0.29, 0.717) is 0 Å². The molecule has 0 aromatic rings. The van der Waals surface area contributed by atoms with Gasteiger partial charge in [0.25, 0.3) is 0 Å². The molecule has 2 aliphatic rings. The predicted molar refractivity (Wildman–Crippen MR) is 65.9 cm³/mol. The van der Waals surface area contributed by atoms with Gasteiger partial charge in [0.05, 0.1) is 0 Å². The van der Waals surface area contributed by atoms with Crippen molar-refractivity contribution in [3.63, 3.8) is 0 Å². The third-order valence-corrected chi connectivity index (χ3v) is 4.40. The summed E-state index contributed by atoms with van der Waals surface area (Å²) < 4.78 is 0. The lowest BCUT2D eigenvalue weighted by Crippen LogP contribution is -2.30. The predicted octanol–water partition coefficient (Wildman–Crippen LogP) is 3.45. The van der Waals surface area contributed by atoms with Crippen LogP contribution in [-0.2, 0) is 0 Å². The maximum atomic E-state index is 3.47. The van der Waals surface area contributed by atoms with E-state index in [-0.39, 0.29) is 0 Å². The van der Waals surface area contributed by atoms with Crippen molar-refractivity contribution >= 4 is 0 Å². The summed E-state index contributed by atoms with van der Waals surface area (Å²) in [6.45, 7) is 7.43. The monoisotopic (exact) mass is 209 g/mol. The topological polar surface area (TPSA) is 12.0 Å². The highest BCUT2D eigenvalue weighted by Crippen LogP contribution is 2.37. The van der Waals surface area contributed by atoms with Crippen molar-refractivity contribution in [2.45, 2.75) is 52.4 Å². The Kier molecular flexibility index (Phi) is 4.07. The fourth-order valence-corrected chi connectivity index (χ4v) is 3.89. The fourth-order valence-electron chi connectivity index (χ4n) is 3.89. The summed E-state index contributed by atoms with van der Waals surface area (Å²) in [5.41, 5.74) is 0. The number of rotatable bonds is 2. The van der Waals surface area contributed by atoms with Crippen molar-refractivity contribution in [1.29, 1.82) is 0 Å². The Hall–Kier alpha value is -0.0400. The quantitative estimate of drug-likeness (QED) is 0.734. The molecule has 1 heterocycles. The standard InChI is InChI=1S/C14H27N/c1-11-7-12(2)9-14(8-11)10-13-3-5-15-6-4-13/h11-15H,3-10H2,1-2H3. The molecule has 0 bridgehead atoms. The molecule has 0 aromatic heterocycles. The largest absolute Gasteiger partial charge is 0.317 e. The molecule has 2 unspecified atom stereocenters. The second kappa shape index (κ2) is 5.34. The first-order valence-corrected chi connectivity index (χ1v) is 6.94. The maximum Gasteiger partial charge on any atom is -0.00463 e. The van der Waals surface area contributed by atoms with E-state index < -0.39 is 0 Å². The third kappa shape index (κ3) is 3.48. The molecule has 15 heavy (non-hydrogen) atoms. The van der Waals surface area contributed by atoms with Crippen molar-refractivity contribution in [2.75, 3.05) is 13.1 Å². The van der Waals surface area contributed by atoms with E-state index >= 15 is 0 Å². The minimum atomic E-state index is 0.987. The van der Waals surface area contributed by atoms with Crippen LogP contribution in [-0.4, -0.2) is 13.1 Å². The van der Waals surface area contributed by atoms with Crippen molar-refractivity contribution in [3.8, 4) is 0 Å². The zero-order valence-corrected chi connectivity index (χ0v) is 10.5. The van der Waals surface area contributed by atoms with Crippen LogP contribution in [0.25, 0.3) is 0 Å². The summed E-state index contributed by atoms with van der Waals surface area (Å²) in [6.07, 6.45) is 8.88. The van der Waals surface area contributed by atoms with Crippen LogP contribution in [0, 0.1) is 23.7 Å². The van der Waals surface area contributed by atoms with E-state index in [1.807, 2.05) is 0 Å². The Morgan fingerprint density at radius 2 is 1.47 bits per heavy atom. The Balaban J connectivity index is 1.77. The SMILES string of the molecule is CC1CC(C)CC(CC2CCNCC2)C1. The normalized spacial score (nSPS) is 39.2. The van der Waals surface area contributed by atoms with E-state index in [1.54, 1.807) is 0 Å². The molecule has 0 aromatic carbocycles. The minimum absolute atomic E-state index is 0.987. The fraction of sp³-hybridized carbons (Fsp3) is 1.00. The minimum Gasteiger partial charge on any atom is -0.317 e. The van der Waals surface area contributed by atoms with Gasteiger partial charge < -0.3 is 5.32 Å². The van der Waals surface area contributed by atoms with Gasteiger partial charge in [-0.05, 0) is 75.3 Å². The van der Waals surface area contributed by atoms with Gasteiger partial charge in [-0.2, -0.15) is 0 Å². The van der Waals surface area contributed by atoms with E-state index in [0.717, 1.165) is 23.7 Å². The summed E-state index contributed by atoms with van der Waals surface area (Å²) >= 11 is 0. The molecule has 1 aliphatic heterocycles. The molecule has 1 heteroatoms. The van der Waals surface area contributed by atoms with E-state index in [2.05, 4.69) is 19.2 Å². The summed E-state index contributed by atoms with van der Waals surface area (Å²) in [6, 6.07) is 0. The van der Waals surface area contributed by atoms with Crippen LogP contribution in [0.2, 0.25) is 0 Å². The van der Waals surface area contributed by atoms with Crippen molar-refractivity contribution in [1.82, 2.24) is 5.32 Å². The lowest BCUT2D eigenvalue weighted by atomic mass is 9.72. The number of hydrogen-bond donors (Lipinski definition) is 1. The summed E-state index contributed by atoms with van der Waals surface area (Å²) in [5, 5.41) is 3.47. The molecule has 2 rings (SSSR count). The van der Waals surface area contributed by atoms with Crippen LogP contribution in [0.15, 0.2) is 0 Å². The molecule has 88 valence electrons. The Morgan fingerprint density at radius 3 is 2.07 bits per heavy atom. The average Bonchev–Trinajstić information content (AvgIpc) is 2.17. The smallest absolute Gasteiger partial charge is 0.00463 e. The van der Waals surface area contributed by atoms with Gasteiger partial charge in [0.1, 0.15) is 0 Å². The molecule has 0 spiro atoms. The summed E-state index contributed by atoms with van der Waals surface area (Å²) in [4.78, 5) is 0. The Bertz CT molecular complexity index is 174. The van der Waals surface area contributed by atoms with E-state index in [4.69, 9.17) is 0 Å². The third-order valence-electron chi connectivity index (χ3n) is 4.40. The highest BCUT2D eigenvalue weighted by Gasteiger charge is 2.26. The molecule has 1 N–H and O–H groups in total. The lowest BCUT2D eigenvalue weighted by Gasteiger charge is -2.34. The molecule has 0 amide bonds. The van der Waals surface area contributed by atoms with Gasteiger partial charge in [-0.1, -0.05) is 13.8 Å². The van der Waals surface area contributed by atoms with E-state index in [9.17, 15) is 0 Å². The zero-order chi connectivity index (χ0) is 10.7. The van der Waals surface area contributed by atoms with Gasteiger partial charge in [0.2, 0.25) is 0 Å². The van der Waals surface area contributed by atoms with Gasteiger partial charge in [0.15, 0.2) is 0 Å². The van der Waals surface area contributed by atoms with Crippen LogP contribution < -0.4 is 5.32 Å². The van der Waals surface area contributed by atoms with Gasteiger partial charge in [-0.25, -0.2) is 0 Å². The highest BCUT2D eigenvalue weighted by molar-refractivity contribution is 4.79. The first-order valence-electron chi connectivity index (χ1n) is 6.94. The van der Waals surface area contributed by atoms with Gasteiger partial charge in [-0.3, -0.25) is 0 Å². The first kappa shape index (κ1) is 11.4. The van der Waals surface area contributed by atoms with Crippen LogP contribution in [0.3, 0.4) is 0 Å². The molecule has 2 atom stereocenters. The molecule has 2 fully saturated rings. The molecule has 1 saturated carbocycles. The van der Waals surface area contributed by atoms with Gasteiger partial charge in [-0.15, -0.1) is 0 Å². The summed E-state index contributed by atoms with van der Waals surface area (Å²) in [5.74, 6) is 4.06. The molecule has 1 aliphatic carbocycles. The number of piperidine rings is 1. The van der Waals surface area contributed by atoms with Crippen molar-refractivity contribution < 1.29 is 0 Å². The first-order chi connectivity index (χ1) is 7.24. The zero-order valence-electron chi connectivity index (χ0n) is 10.5. The molecule has 1 nitrogen and oxygen atoms in total. The highest BCUT2D eigenvalue weighted by atomic mass is 14.9. The number of hydrogen-bond acceptors (Lipinski definition) is 1. The maximum absolute atomic E-state index is 3.47. The van der Waals surface area contributed by atoms with Crippen molar-refractivity contribution in [2.24, 2.45) is 23.7 Å². The van der Waals surface area contributed by atoms with Crippen LogP contribution in [0.1, 0.15) is 52.4 Å². The molecule has 0 radical (unpaired) electrons. The van der Waals surface area contributed by atoms with Crippen molar-refractivity contribution in [3.05, 3.63) is 0 Å². The molecule has 1 saturated heterocycles. The van der Waals surface area contributed by atoms with E-state index in [1.165, 1.54) is 51.6 Å².